The molecule has 0 radical (unpaired) electrons. The molecular formula is C37H48O10. The first-order valence-corrected chi connectivity index (χ1v) is 17.6. The van der Waals surface area contributed by atoms with Crippen molar-refractivity contribution in [2.75, 3.05) is 13.2 Å². The monoisotopic (exact) mass is 652 g/mol. The molecule has 4 unspecified atom stereocenters. The molecular weight excluding hydrogens is 604 g/mol. The summed E-state index contributed by atoms with van der Waals surface area (Å²) >= 11 is 0. The van der Waals surface area contributed by atoms with E-state index in [0.717, 1.165) is 44.1 Å². The quantitative estimate of drug-likeness (QED) is 0.245. The molecule has 4 saturated heterocycles. The minimum absolute atomic E-state index is 0.00214. The third-order valence-corrected chi connectivity index (χ3v) is 13.4. The van der Waals surface area contributed by atoms with Gasteiger partial charge in [0.15, 0.2) is 11.4 Å². The molecule has 3 bridgehead atoms. The van der Waals surface area contributed by atoms with Crippen LogP contribution in [0.5, 0.6) is 0 Å². The smallest absolute Gasteiger partial charge is 0.338 e. The van der Waals surface area contributed by atoms with Gasteiger partial charge in [0.25, 0.3) is 5.97 Å². The van der Waals surface area contributed by atoms with Crippen molar-refractivity contribution >= 4 is 11.8 Å². The van der Waals surface area contributed by atoms with Crippen LogP contribution in [0, 0.1) is 35.5 Å². The Balaban J connectivity index is 1.36. The highest BCUT2D eigenvalue weighted by Crippen LogP contribution is 2.75. The zero-order chi connectivity index (χ0) is 33.1. The molecule has 8 rings (SSSR count). The van der Waals surface area contributed by atoms with Crippen molar-refractivity contribution in [2.45, 2.75) is 119 Å². The van der Waals surface area contributed by atoms with Gasteiger partial charge in [-0.2, -0.15) is 0 Å². The highest BCUT2D eigenvalue weighted by atomic mass is 16.9. The maximum Gasteiger partial charge on any atom is 0.338 e. The van der Waals surface area contributed by atoms with Crippen LogP contribution in [0.2, 0.25) is 0 Å². The van der Waals surface area contributed by atoms with E-state index < -0.39 is 88.7 Å². The Bertz CT molecular complexity index is 1470. The third-order valence-electron chi connectivity index (χ3n) is 13.4. The molecule has 10 heteroatoms. The van der Waals surface area contributed by atoms with E-state index in [1.165, 1.54) is 0 Å². The molecule has 14 atom stereocenters. The number of aliphatic hydroxyl groups excluding tert-OH is 2. The molecule has 0 aromatic heterocycles. The van der Waals surface area contributed by atoms with Crippen molar-refractivity contribution in [3.05, 3.63) is 48.0 Å². The standard InChI is InChI=1S/C37H48O10/c1-20(2)33-17-24(18-43-31(40)23-14-10-8-11-15-23)37-26-29(33)45-35(46-33,47-37)16-12-7-5-6-9-13-21(3)25-22(4)28(39)36(42,27(25)37)32(41)34(19-38)30(26)44-34/h8,10-11,14-15,21-22,24-27,29-30,32,38,41-42H,1,5-7,9,12-13,16-19H2,2-4H3/t21-,22+,24+,25?,26?,27?,29-,30+,32-,33-,34+,35?,36-,37-/m1/s1. The van der Waals surface area contributed by atoms with Crippen LogP contribution < -0.4 is 0 Å². The molecule has 3 N–H and O–H groups in total. The zero-order valence-corrected chi connectivity index (χ0v) is 27.6. The van der Waals surface area contributed by atoms with Crippen molar-refractivity contribution in [2.24, 2.45) is 35.5 Å². The van der Waals surface area contributed by atoms with Crippen LogP contribution in [0.4, 0.5) is 0 Å². The molecule has 0 amide bonds. The number of hydrogen-bond acceptors (Lipinski definition) is 10. The predicted molar refractivity (Wildman–Crippen MR) is 167 cm³/mol. The Morgan fingerprint density at radius 1 is 1.04 bits per heavy atom. The molecule has 3 saturated carbocycles. The number of ether oxygens (including phenoxy) is 5. The van der Waals surface area contributed by atoms with E-state index in [-0.39, 0.29) is 18.4 Å². The molecule has 7 fully saturated rings. The summed E-state index contributed by atoms with van der Waals surface area (Å²) in [5, 5.41) is 36.0. The Morgan fingerprint density at radius 3 is 2.49 bits per heavy atom. The molecule has 256 valence electrons. The van der Waals surface area contributed by atoms with Gasteiger partial charge in [0.1, 0.15) is 29.5 Å². The summed E-state index contributed by atoms with van der Waals surface area (Å²) in [5.74, 6) is -5.64. The summed E-state index contributed by atoms with van der Waals surface area (Å²) in [5.41, 5.74) is -5.20. The average molecular weight is 653 g/mol. The number of esters is 1. The van der Waals surface area contributed by atoms with E-state index in [1.54, 1.807) is 24.3 Å². The normalized spacial score (nSPS) is 51.2. The van der Waals surface area contributed by atoms with E-state index in [1.807, 2.05) is 19.9 Å². The van der Waals surface area contributed by atoms with Gasteiger partial charge in [-0.15, -0.1) is 0 Å². The van der Waals surface area contributed by atoms with Crippen LogP contribution in [0.3, 0.4) is 0 Å². The van der Waals surface area contributed by atoms with Gasteiger partial charge in [-0.25, -0.2) is 4.79 Å². The predicted octanol–water partition coefficient (Wildman–Crippen LogP) is 3.70. The van der Waals surface area contributed by atoms with Crippen molar-refractivity contribution in [3.63, 3.8) is 0 Å². The first-order chi connectivity index (χ1) is 22.4. The van der Waals surface area contributed by atoms with Gasteiger partial charge in [0.05, 0.1) is 24.4 Å². The minimum atomic E-state index is -2.30. The number of carbonyl (C=O) groups excluding carboxylic acids is 2. The fraction of sp³-hybridized carbons (Fsp3) is 0.730. The van der Waals surface area contributed by atoms with Crippen LogP contribution in [0.25, 0.3) is 0 Å². The van der Waals surface area contributed by atoms with Gasteiger partial charge in [-0.1, -0.05) is 70.7 Å². The maximum absolute atomic E-state index is 14.5. The van der Waals surface area contributed by atoms with Gasteiger partial charge in [-0.3, -0.25) is 4.79 Å². The van der Waals surface area contributed by atoms with Crippen LogP contribution in [-0.4, -0.2) is 87.0 Å². The van der Waals surface area contributed by atoms with E-state index in [9.17, 15) is 24.9 Å². The molecule has 47 heavy (non-hydrogen) atoms. The molecule has 3 aliphatic carbocycles. The molecule has 10 nitrogen and oxygen atoms in total. The minimum Gasteiger partial charge on any atom is -0.462 e. The van der Waals surface area contributed by atoms with Gasteiger partial charge in [-0.05, 0) is 49.3 Å². The summed E-state index contributed by atoms with van der Waals surface area (Å²) in [4.78, 5) is 28.0. The summed E-state index contributed by atoms with van der Waals surface area (Å²) in [7, 11) is 0. The average Bonchev–Trinajstić information content (AvgIpc) is 3.70. The number of rotatable bonds is 5. The van der Waals surface area contributed by atoms with E-state index in [0.29, 0.717) is 18.4 Å². The van der Waals surface area contributed by atoms with Crippen LogP contribution >= 0.6 is 0 Å². The van der Waals surface area contributed by atoms with Gasteiger partial charge in [0, 0.05) is 30.1 Å². The molecule has 2 spiro atoms. The Morgan fingerprint density at radius 2 is 1.77 bits per heavy atom. The molecule has 1 aromatic carbocycles. The lowest BCUT2D eigenvalue weighted by atomic mass is 9.51. The first-order valence-electron chi connectivity index (χ1n) is 17.6. The summed E-state index contributed by atoms with van der Waals surface area (Å²) in [6, 6.07) is 8.77. The number of carbonyl (C=O) groups is 2. The summed E-state index contributed by atoms with van der Waals surface area (Å²) < 4.78 is 33.7. The zero-order valence-electron chi connectivity index (χ0n) is 27.6. The van der Waals surface area contributed by atoms with Gasteiger partial charge in [0.2, 0.25) is 0 Å². The Labute approximate surface area is 275 Å². The van der Waals surface area contributed by atoms with Crippen molar-refractivity contribution in [3.8, 4) is 0 Å². The van der Waals surface area contributed by atoms with Crippen molar-refractivity contribution in [1.82, 2.24) is 0 Å². The number of benzene rings is 1. The second kappa shape index (κ2) is 10.7. The van der Waals surface area contributed by atoms with E-state index >= 15 is 0 Å². The highest BCUT2D eigenvalue weighted by molar-refractivity contribution is 5.94. The lowest BCUT2D eigenvalue weighted by Gasteiger charge is -2.61. The largest absolute Gasteiger partial charge is 0.462 e. The molecule has 4 heterocycles. The van der Waals surface area contributed by atoms with E-state index in [2.05, 4.69) is 13.5 Å². The number of epoxide rings is 1. The van der Waals surface area contributed by atoms with Crippen LogP contribution in [0.1, 0.15) is 82.5 Å². The molecule has 1 aromatic rings. The number of aliphatic hydroxyl groups is 3. The van der Waals surface area contributed by atoms with Crippen LogP contribution in [0.15, 0.2) is 42.5 Å². The third kappa shape index (κ3) is 4.03. The fourth-order valence-corrected chi connectivity index (χ4v) is 11.2. The Kier molecular flexibility index (Phi) is 7.27. The number of Topliss-reactive ketones (excluding diaryl/α,β-unsaturated/α-hetero) is 1. The van der Waals surface area contributed by atoms with Gasteiger partial charge < -0.3 is 39.0 Å². The molecule has 4 aliphatic heterocycles. The SMILES string of the molecule is C=C(C)[C@]12C[C@@H](COC(=O)c3ccccc3)[C@]34OC5(CCCCCCC[C@@H](C)C6C3[C@@](O)(C(=O)[C@H]6C)[C@H](O)[C@@]3(CO)O[C@H]3C4[C@H]1O5)O2. The number of hydrogen-bond donors (Lipinski definition) is 3. The number of fused-ring (bicyclic) bond motifs is 1. The van der Waals surface area contributed by atoms with Crippen LogP contribution in [-0.2, 0) is 28.5 Å². The Hall–Kier alpha value is -2.18. The fourth-order valence-electron chi connectivity index (χ4n) is 11.2. The lowest BCUT2D eigenvalue weighted by molar-refractivity contribution is -0.438. The highest BCUT2D eigenvalue weighted by Gasteiger charge is 2.90. The lowest BCUT2D eigenvalue weighted by Crippen LogP contribution is -2.74. The summed E-state index contributed by atoms with van der Waals surface area (Å²) in [6.07, 6.45) is 3.21. The second-order valence-electron chi connectivity index (χ2n) is 15.7. The number of ketones is 1. The maximum atomic E-state index is 14.5. The second-order valence-corrected chi connectivity index (χ2v) is 15.7. The summed E-state index contributed by atoms with van der Waals surface area (Å²) in [6.45, 7) is 9.56. The topological polar surface area (TPSA) is 144 Å². The van der Waals surface area contributed by atoms with Gasteiger partial charge >= 0.3 is 5.97 Å². The van der Waals surface area contributed by atoms with Crippen molar-refractivity contribution in [1.29, 1.82) is 0 Å². The first kappa shape index (κ1) is 32.0. The van der Waals surface area contributed by atoms with Crippen molar-refractivity contribution < 1.29 is 48.6 Å². The molecule has 7 aliphatic rings. The van der Waals surface area contributed by atoms with E-state index in [4.69, 9.17) is 23.7 Å².